The maximum atomic E-state index is 8.71. The highest BCUT2D eigenvalue weighted by atomic mass is 35.5. The van der Waals surface area contributed by atoms with Crippen LogP contribution in [0.25, 0.3) is 0 Å². The van der Waals surface area contributed by atoms with Gasteiger partial charge in [0.1, 0.15) is 11.8 Å². The van der Waals surface area contributed by atoms with E-state index in [1.165, 1.54) is 11.8 Å². The molecular formula is C11H6ClN3S. The first-order valence-corrected chi connectivity index (χ1v) is 5.64. The topological polar surface area (TPSA) is 49.6 Å². The van der Waals surface area contributed by atoms with E-state index in [-0.39, 0.29) is 0 Å². The molecule has 78 valence electrons. The van der Waals surface area contributed by atoms with Crippen LogP contribution >= 0.6 is 23.4 Å². The maximum absolute atomic E-state index is 8.71. The van der Waals surface area contributed by atoms with Crippen molar-refractivity contribution in [2.24, 2.45) is 0 Å². The third kappa shape index (κ3) is 2.51. The molecule has 0 saturated carbocycles. The second-order valence-corrected chi connectivity index (χ2v) is 4.29. The summed E-state index contributed by atoms with van der Waals surface area (Å²) in [6.45, 7) is 0. The monoisotopic (exact) mass is 247 g/mol. The Labute approximate surface area is 102 Å². The Morgan fingerprint density at radius 1 is 1.25 bits per heavy atom. The van der Waals surface area contributed by atoms with Crippen LogP contribution in [0.5, 0.6) is 0 Å². The Morgan fingerprint density at radius 2 is 2.06 bits per heavy atom. The normalized spacial score (nSPS) is 9.75. The average Bonchev–Trinajstić information content (AvgIpc) is 2.32. The van der Waals surface area contributed by atoms with Crippen LogP contribution in [0, 0.1) is 11.3 Å². The predicted molar refractivity (Wildman–Crippen MR) is 62.3 cm³/mol. The molecule has 0 fully saturated rings. The number of hydrogen-bond acceptors (Lipinski definition) is 4. The summed E-state index contributed by atoms with van der Waals surface area (Å²) in [4.78, 5) is 9.00. The molecule has 0 aliphatic rings. The van der Waals surface area contributed by atoms with Crippen LogP contribution < -0.4 is 0 Å². The van der Waals surface area contributed by atoms with E-state index in [4.69, 9.17) is 16.9 Å². The minimum atomic E-state index is 0.351. The molecule has 0 unspecified atom stereocenters. The van der Waals surface area contributed by atoms with E-state index in [9.17, 15) is 0 Å². The van der Waals surface area contributed by atoms with Crippen molar-refractivity contribution in [3.05, 3.63) is 47.2 Å². The summed E-state index contributed by atoms with van der Waals surface area (Å²) in [5.74, 6) is 0. The molecule has 1 heterocycles. The summed E-state index contributed by atoms with van der Waals surface area (Å²) in [6, 6.07) is 11.0. The van der Waals surface area contributed by atoms with Gasteiger partial charge in [-0.3, -0.25) is 0 Å². The molecule has 0 saturated heterocycles. The third-order valence-electron chi connectivity index (χ3n) is 1.79. The molecule has 0 spiro atoms. The van der Waals surface area contributed by atoms with Gasteiger partial charge < -0.3 is 0 Å². The van der Waals surface area contributed by atoms with Crippen LogP contribution in [0.3, 0.4) is 0 Å². The van der Waals surface area contributed by atoms with Crippen molar-refractivity contribution in [2.45, 2.75) is 10.1 Å². The van der Waals surface area contributed by atoms with Crippen LogP contribution in [0.2, 0.25) is 5.02 Å². The number of hydrogen-bond donors (Lipinski definition) is 0. The van der Waals surface area contributed by atoms with E-state index >= 15 is 0 Å². The van der Waals surface area contributed by atoms with Gasteiger partial charge in [0.25, 0.3) is 0 Å². The molecule has 0 atom stereocenters. The molecule has 2 aromatic rings. The molecule has 5 heteroatoms. The zero-order valence-corrected chi connectivity index (χ0v) is 9.66. The number of nitriles is 1. The zero-order valence-electron chi connectivity index (χ0n) is 8.09. The fourth-order valence-corrected chi connectivity index (χ4v) is 2.10. The largest absolute Gasteiger partial charge is 0.231 e. The molecule has 1 aromatic heterocycles. The van der Waals surface area contributed by atoms with E-state index in [1.807, 2.05) is 24.3 Å². The Kier molecular flexibility index (Phi) is 3.40. The molecule has 16 heavy (non-hydrogen) atoms. The molecule has 0 bridgehead atoms. The van der Waals surface area contributed by atoms with Gasteiger partial charge in [-0.2, -0.15) is 5.26 Å². The zero-order chi connectivity index (χ0) is 11.4. The highest BCUT2D eigenvalue weighted by Crippen LogP contribution is 2.30. The fourth-order valence-electron chi connectivity index (χ4n) is 1.08. The molecule has 1 aromatic carbocycles. The molecule has 0 aliphatic heterocycles. The van der Waals surface area contributed by atoms with Crippen molar-refractivity contribution in [3.63, 3.8) is 0 Å². The van der Waals surface area contributed by atoms with Crippen molar-refractivity contribution in [3.8, 4) is 6.07 Å². The molecule has 0 N–H and O–H groups in total. The first kappa shape index (κ1) is 10.9. The van der Waals surface area contributed by atoms with Crippen molar-refractivity contribution < 1.29 is 0 Å². The van der Waals surface area contributed by atoms with Crippen molar-refractivity contribution in [2.75, 3.05) is 0 Å². The second-order valence-electron chi connectivity index (χ2n) is 2.87. The summed E-state index contributed by atoms with van der Waals surface area (Å²) in [5, 5.41) is 9.88. The first-order chi connectivity index (χ1) is 7.79. The lowest BCUT2D eigenvalue weighted by molar-refractivity contribution is 0.952. The van der Waals surface area contributed by atoms with E-state index < -0.39 is 0 Å². The predicted octanol–water partition coefficient (Wildman–Crippen LogP) is 3.15. The molecule has 0 radical (unpaired) electrons. The first-order valence-electron chi connectivity index (χ1n) is 4.45. The van der Waals surface area contributed by atoms with Gasteiger partial charge in [0.15, 0.2) is 5.16 Å². The average molecular weight is 248 g/mol. The van der Waals surface area contributed by atoms with E-state index in [0.29, 0.717) is 15.9 Å². The lowest BCUT2D eigenvalue weighted by Gasteiger charge is -2.01. The van der Waals surface area contributed by atoms with Crippen molar-refractivity contribution >= 4 is 23.4 Å². The van der Waals surface area contributed by atoms with Crippen molar-refractivity contribution in [1.29, 1.82) is 5.26 Å². The minimum absolute atomic E-state index is 0.351. The van der Waals surface area contributed by atoms with E-state index in [2.05, 4.69) is 9.97 Å². The summed E-state index contributed by atoms with van der Waals surface area (Å²) in [7, 11) is 0. The number of nitrogens with zero attached hydrogens (tertiary/aromatic N) is 3. The summed E-state index contributed by atoms with van der Waals surface area (Å²) >= 11 is 7.34. The Hall–Kier alpha value is -1.57. The highest BCUT2D eigenvalue weighted by molar-refractivity contribution is 7.99. The second kappa shape index (κ2) is 4.97. The Bertz CT molecular complexity index is 551. The van der Waals surface area contributed by atoms with Gasteiger partial charge in [-0.1, -0.05) is 23.7 Å². The fraction of sp³-hybridized carbons (Fsp3) is 0. The lowest BCUT2D eigenvalue weighted by Crippen LogP contribution is -1.89. The summed E-state index contributed by atoms with van der Waals surface area (Å²) in [6.07, 6.45) is 1.56. The SMILES string of the molecule is N#Cc1ccnc(Sc2ccccc2Cl)n1. The third-order valence-corrected chi connectivity index (χ3v) is 3.18. The van der Waals surface area contributed by atoms with E-state index in [1.54, 1.807) is 18.3 Å². The molecule has 2 rings (SSSR count). The Morgan fingerprint density at radius 3 is 2.81 bits per heavy atom. The van der Waals surface area contributed by atoms with Crippen LogP contribution in [-0.4, -0.2) is 9.97 Å². The van der Waals surface area contributed by atoms with Crippen molar-refractivity contribution in [1.82, 2.24) is 9.97 Å². The molecule has 0 aliphatic carbocycles. The van der Waals surface area contributed by atoms with Crippen LogP contribution in [0.15, 0.2) is 46.6 Å². The van der Waals surface area contributed by atoms with Crippen LogP contribution in [0.4, 0.5) is 0 Å². The van der Waals surface area contributed by atoms with Crippen LogP contribution in [-0.2, 0) is 0 Å². The van der Waals surface area contributed by atoms with Gasteiger partial charge >= 0.3 is 0 Å². The van der Waals surface area contributed by atoms with Gasteiger partial charge in [0.05, 0.1) is 5.02 Å². The molecular weight excluding hydrogens is 242 g/mol. The smallest absolute Gasteiger partial charge is 0.193 e. The summed E-state index contributed by atoms with van der Waals surface area (Å²) < 4.78 is 0. The number of rotatable bonds is 2. The van der Waals surface area contributed by atoms with Crippen LogP contribution in [0.1, 0.15) is 5.69 Å². The van der Waals surface area contributed by atoms with Gasteiger partial charge in [-0.05, 0) is 30.0 Å². The number of halogens is 1. The standard InChI is InChI=1S/C11H6ClN3S/c12-9-3-1-2-4-10(9)16-11-14-6-5-8(7-13)15-11/h1-6H. The van der Waals surface area contributed by atoms with Gasteiger partial charge in [-0.25, -0.2) is 9.97 Å². The van der Waals surface area contributed by atoms with E-state index in [0.717, 1.165) is 4.90 Å². The Balaban J connectivity index is 2.28. The number of aromatic nitrogens is 2. The molecule has 3 nitrogen and oxygen atoms in total. The summed E-state index contributed by atoms with van der Waals surface area (Å²) in [5.41, 5.74) is 0.351. The number of benzene rings is 1. The highest BCUT2D eigenvalue weighted by Gasteiger charge is 2.04. The minimum Gasteiger partial charge on any atom is -0.231 e. The lowest BCUT2D eigenvalue weighted by atomic mass is 10.4. The van der Waals surface area contributed by atoms with Gasteiger partial charge in [0, 0.05) is 11.1 Å². The quantitative estimate of drug-likeness (QED) is 0.765. The maximum Gasteiger partial charge on any atom is 0.193 e. The molecule has 0 amide bonds. The van der Waals surface area contributed by atoms with Gasteiger partial charge in [-0.15, -0.1) is 0 Å². The van der Waals surface area contributed by atoms with Gasteiger partial charge in [0.2, 0.25) is 0 Å².